The number of aliphatic hydroxyl groups excluding tert-OH is 1. The fourth-order valence-corrected chi connectivity index (χ4v) is 4.90. The summed E-state index contributed by atoms with van der Waals surface area (Å²) in [5.41, 5.74) is 2.54. The second kappa shape index (κ2) is 10.0. The number of benzene rings is 4. The van der Waals surface area contributed by atoms with Crippen LogP contribution in [0.4, 0.5) is 5.69 Å². The van der Waals surface area contributed by atoms with E-state index < -0.39 is 17.7 Å². The molecule has 0 radical (unpaired) electrons. The summed E-state index contributed by atoms with van der Waals surface area (Å²) in [7, 11) is 0. The lowest BCUT2D eigenvalue weighted by Crippen LogP contribution is -2.29. The molecule has 6 rings (SSSR count). The van der Waals surface area contributed by atoms with Crippen LogP contribution < -0.4 is 19.1 Å². The zero-order valence-corrected chi connectivity index (χ0v) is 21.2. The Morgan fingerprint density at radius 1 is 0.821 bits per heavy atom. The number of para-hydroxylation sites is 1. The highest BCUT2D eigenvalue weighted by Gasteiger charge is 2.47. The van der Waals surface area contributed by atoms with E-state index in [0.717, 1.165) is 5.56 Å². The summed E-state index contributed by atoms with van der Waals surface area (Å²) < 4.78 is 17.1. The van der Waals surface area contributed by atoms with Gasteiger partial charge in [-0.15, -0.1) is 0 Å². The van der Waals surface area contributed by atoms with E-state index in [-0.39, 0.29) is 11.3 Å². The molecule has 4 aromatic rings. The van der Waals surface area contributed by atoms with Crippen molar-refractivity contribution in [2.24, 2.45) is 0 Å². The van der Waals surface area contributed by atoms with Gasteiger partial charge in [-0.2, -0.15) is 0 Å². The number of aryl methyl sites for hydroxylation is 1. The van der Waals surface area contributed by atoms with Crippen LogP contribution in [0.3, 0.4) is 0 Å². The number of ether oxygens (including phenoxy) is 3. The quantitative estimate of drug-likeness (QED) is 0.192. The van der Waals surface area contributed by atoms with Gasteiger partial charge in [0.05, 0.1) is 11.6 Å². The Bertz CT molecular complexity index is 1590. The number of nitrogens with zero attached hydrogens (tertiary/aromatic N) is 1. The summed E-state index contributed by atoms with van der Waals surface area (Å²) in [6.45, 7) is 2.76. The van der Waals surface area contributed by atoms with Crippen molar-refractivity contribution >= 4 is 23.1 Å². The number of hydrogen-bond donors (Lipinski definition) is 1. The zero-order chi connectivity index (χ0) is 26.9. The number of hydrogen-bond acceptors (Lipinski definition) is 6. The van der Waals surface area contributed by atoms with Crippen molar-refractivity contribution in [1.82, 2.24) is 0 Å². The molecule has 4 aromatic carbocycles. The maximum atomic E-state index is 13.5. The van der Waals surface area contributed by atoms with Gasteiger partial charge in [0.15, 0.2) is 11.5 Å². The Kier molecular flexibility index (Phi) is 6.25. The van der Waals surface area contributed by atoms with E-state index in [1.807, 2.05) is 61.5 Å². The average Bonchev–Trinajstić information content (AvgIpc) is 3.23. The standard InChI is InChI=1S/C32H25NO6/c1-20-6-5-7-21(18-20)29-28(30(34)22-10-15-26-27(19-22)38-17-16-37-26)31(35)32(36)33(29)23-11-13-25(14-12-23)39-24-8-3-2-4-9-24/h2-15,18-19,29,34H,16-17H2,1H3/b30-28-. The molecule has 39 heavy (non-hydrogen) atoms. The van der Waals surface area contributed by atoms with E-state index in [0.29, 0.717) is 53.0 Å². The van der Waals surface area contributed by atoms with Gasteiger partial charge in [-0.05, 0) is 67.1 Å². The second-order valence-electron chi connectivity index (χ2n) is 9.35. The van der Waals surface area contributed by atoms with Crippen molar-refractivity contribution in [2.75, 3.05) is 18.1 Å². The zero-order valence-electron chi connectivity index (χ0n) is 21.2. The summed E-state index contributed by atoms with van der Waals surface area (Å²) in [6.07, 6.45) is 0. The Balaban J connectivity index is 1.43. The molecular formula is C32H25NO6. The lowest BCUT2D eigenvalue weighted by molar-refractivity contribution is -0.132. The first-order chi connectivity index (χ1) is 19.0. The number of amides is 1. The largest absolute Gasteiger partial charge is 0.507 e. The topological polar surface area (TPSA) is 85.3 Å². The van der Waals surface area contributed by atoms with Crippen LogP contribution in [-0.4, -0.2) is 30.0 Å². The number of rotatable bonds is 5. The summed E-state index contributed by atoms with van der Waals surface area (Å²) >= 11 is 0. The lowest BCUT2D eigenvalue weighted by atomic mass is 9.94. The van der Waals surface area contributed by atoms with Crippen molar-refractivity contribution in [2.45, 2.75) is 13.0 Å². The molecule has 0 aliphatic carbocycles. The van der Waals surface area contributed by atoms with E-state index in [4.69, 9.17) is 14.2 Å². The van der Waals surface area contributed by atoms with E-state index in [1.165, 1.54) is 4.90 Å². The van der Waals surface area contributed by atoms with Crippen LogP contribution in [0, 0.1) is 6.92 Å². The number of fused-ring (bicyclic) bond motifs is 1. The van der Waals surface area contributed by atoms with E-state index in [1.54, 1.807) is 42.5 Å². The highest BCUT2D eigenvalue weighted by molar-refractivity contribution is 6.51. The van der Waals surface area contributed by atoms with Gasteiger partial charge in [-0.1, -0.05) is 48.0 Å². The van der Waals surface area contributed by atoms with E-state index in [2.05, 4.69) is 0 Å². The molecular weight excluding hydrogens is 494 g/mol. The van der Waals surface area contributed by atoms with Crippen LogP contribution in [0.15, 0.2) is 103 Å². The smallest absolute Gasteiger partial charge is 0.300 e. The molecule has 1 amide bonds. The van der Waals surface area contributed by atoms with Gasteiger partial charge in [0.25, 0.3) is 11.7 Å². The monoisotopic (exact) mass is 519 g/mol. The van der Waals surface area contributed by atoms with Gasteiger partial charge >= 0.3 is 0 Å². The third kappa shape index (κ3) is 4.59. The number of carbonyl (C=O) groups excluding carboxylic acids is 2. The van der Waals surface area contributed by atoms with Gasteiger partial charge < -0.3 is 19.3 Å². The molecule has 2 aliphatic rings. The molecule has 0 saturated carbocycles. The molecule has 7 heteroatoms. The highest BCUT2D eigenvalue weighted by atomic mass is 16.6. The molecule has 1 fully saturated rings. The minimum Gasteiger partial charge on any atom is -0.507 e. The normalized spacial score (nSPS) is 17.8. The first-order valence-electron chi connectivity index (χ1n) is 12.6. The number of anilines is 1. The Hall–Kier alpha value is -5.04. The molecule has 194 valence electrons. The SMILES string of the molecule is Cc1cccc(C2/C(=C(/O)c3ccc4c(c3)OCCO4)C(=O)C(=O)N2c2ccc(Oc3ccccc3)cc2)c1. The average molecular weight is 520 g/mol. The Labute approximate surface area is 225 Å². The number of Topliss-reactive ketones (excluding diaryl/α,β-unsaturated/α-hetero) is 1. The molecule has 1 atom stereocenters. The van der Waals surface area contributed by atoms with Gasteiger partial charge in [0, 0.05) is 11.3 Å². The Morgan fingerprint density at radius 3 is 2.28 bits per heavy atom. The summed E-state index contributed by atoms with van der Waals surface area (Å²) in [4.78, 5) is 28.4. The predicted molar refractivity (Wildman–Crippen MR) is 146 cm³/mol. The summed E-state index contributed by atoms with van der Waals surface area (Å²) in [5.74, 6) is 0.543. The van der Waals surface area contributed by atoms with Gasteiger partial charge in [-0.3, -0.25) is 14.5 Å². The Morgan fingerprint density at radius 2 is 1.54 bits per heavy atom. The summed E-state index contributed by atoms with van der Waals surface area (Å²) in [6, 6.07) is 28.0. The molecule has 2 aliphatic heterocycles. The number of ketones is 1. The lowest BCUT2D eigenvalue weighted by Gasteiger charge is -2.26. The first-order valence-corrected chi connectivity index (χ1v) is 12.6. The summed E-state index contributed by atoms with van der Waals surface area (Å²) in [5, 5.41) is 11.4. The molecule has 0 aromatic heterocycles. The molecule has 0 bridgehead atoms. The molecule has 1 unspecified atom stereocenters. The van der Waals surface area contributed by atoms with Crippen LogP contribution in [0.25, 0.3) is 5.76 Å². The highest BCUT2D eigenvalue weighted by Crippen LogP contribution is 2.43. The van der Waals surface area contributed by atoms with Gasteiger partial charge in [-0.25, -0.2) is 0 Å². The predicted octanol–water partition coefficient (Wildman–Crippen LogP) is 6.18. The molecule has 0 spiro atoms. The van der Waals surface area contributed by atoms with Gasteiger partial charge in [0.2, 0.25) is 0 Å². The fourth-order valence-electron chi connectivity index (χ4n) is 4.90. The molecule has 1 N–H and O–H groups in total. The minimum absolute atomic E-state index is 0.00638. The first kappa shape index (κ1) is 24.3. The maximum Gasteiger partial charge on any atom is 0.300 e. The van der Waals surface area contributed by atoms with Crippen LogP contribution in [0.1, 0.15) is 22.7 Å². The molecule has 2 heterocycles. The number of aliphatic hydroxyl groups is 1. The van der Waals surface area contributed by atoms with E-state index in [9.17, 15) is 14.7 Å². The number of carbonyl (C=O) groups is 2. The third-order valence-corrected chi connectivity index (χ3v) is 6.71. The van der Waals surface area contributed by atoms with Crippen molar-refractivity contribution in [1.29, 1.82) is 0 Å². The fraction of sp³-hybridized carbons (Fsp3) is 0.125. The van der Waals surface area contributed by atoms with Crippen LogP contribution >= 0.6 is 0 Å². The van der Waals surface area contributed by atoms with Gasteiger partial charge in [0.1, 0.15) is 30.5 Å². The minimum atomic E-state index is -0.834. The van der Waals surface area contributed by atoms with Crippen molar-refractivity contribution in [3.63, 3.8) is 0 Å². The molecule has 1 saturated heterocycles. The van der Waals surface area contributed by atoms with Crippen LogP contribution in [0.2, 0.25) is 0 Å². The van der Waals surface area contributed by atoms with E-state index >= 15 is 0 Å². The van der Waals surface area contributed by atoms with Crippen LogP contribution in [-0.2, 0) is 9.59 Å². The molecule has 7 nitrogen and oxygen atoms in total. The third-order valence-electron chi connectivity index (χ3n) is 6.71. The van der Waals surface area contributed by atoms with Crippen molar-refractivity contribution in [3.05, 3.63) is 119 Å². The van der Waals surface area contributed by atoms with Crippen molar-refractivity contribution in [3.8, 4) is 23.0 Å². The second-order valence-corrected chi connectivity index (χ2v) is 9.35. The van der Waals surface area contributed by atoms with Crippen LogP contribution in [0.5, 0.6) is 23.0 Å². The maximum absolute atomic E-state index is 13.5. The van der Waals surface area contributed by atoms with Crippen molar-refractivity contribution < 1.29 is 28.9 Å².